The Balaban J connectivity index is 2.87. The summed E-state index contributed by atoms with van der Waals surface area (Å²) >= 11 is 0.887. The molecule has 5 heteroatoms. The molecule has 0 aromatic heterocycles. The lowest BCUT2D eigenvalue weighted by atomic mass is 10.2. The minimum Gasteiger partial charge on any atom is -0.247 e. The molecule has 15 heavy (non-hydrogen) atoms. The third kappa shape index (κ3) is 3.74. The van der Waals surface area contributed by atoms with Crippen LogP contribution in [-0.2, 0) is 6.18 Å². The first kappa shape index (κ1) is 12.4. The van der Waals surface area contributed by atoms with E-state index in [1.165, 1.54) is 25.1 Å². The van der Waals surface area contributed by atoms with Crippen molar-refractivity contribution in [1.82, 2.24) is 0 Å². The van der Waals surface area contributed by atoms with Crippen molar-refractivity contribution in [2.75, 3.05) is 5.75 Å². The van der Waals surface area contributed by atoms with Gasteiger partial charge in [-0.2, -0.15) is 13.2 Å². The van der Waals surface area contributed by atoms with Crippen LogP contribution in [-0.4, -0.2) is 11.9 Å². The van der Waals surface area contributed by atoms with Crippen LogP contribution in [0.3, 0.4) is 0 Å². The zero-order chi connectivity index (χ0) is 11.5. The fourth-order valence-corrected chi connectivity index (χ4v) is 1.95. The first-order valence-electron chi connectivity index (χ1n) is 4.34. The van der Waals surface area contributed by atoms with Crippen LogP contribution < -0.4 is 0 Å². The molecule has 1 rings (SSSR count). The Bertz CT molecular complexity index is 319. The largest absolute Gasteiger partial charge is 0.417 e. The van der Waals surface area contributed by atoms with Gasteiger partial charge in [0, 0.05) is 10.6 Å². The molecule has 0 bridgehead atoms. The monoisotopic (exact) mass is 238 g/mol. The van der Waals surface area contributed by atoms with Crippen molar-refractivity contribution in [3.8, 4) is 0 Å². The fraction of sp³-hybridized carbons (Fsp3) is 0.400. The van der Waals surface area contributed by atoms with Crippen LogP contribution in [0.15, 0.2) is 29.2 Å². The maximum absolute atomic E-state index is 12.5. The van der Waals surface area contributed by atoms with Crippen LogP contribution in [0.2, 0.25) is 0 Å². The van der Waals surface area contributed by atoms with Crippen molar-refractivity contribution in [3.63, 3.8) is 0 Å². The van der Waals surface area contributed by atoms with Crippen LogP contribution in [0, 0.1) is 0 Å². The molecule has 0 amide bonds. The van der Waals surface area contributed by atoms with E-state index in [1.54, 1.807) is 0 Å². The van der Waals surface area contributed by atoms with Gasteiger partial charge in [0.2, 0.25) is 0 Å². The van der Waals surface area contributed by atoms with Gasteiger partial charge in [-0.05, 0) is 19.1 Å². The summed E-state index contributed by atoms with van der Waals surface area (Å²) < 4.78 is 49.9. The topological polar surface area (TPSA) is 0 Å². The molecular formula is C10H10F4S. The Morgan fingerprint density at radius 3 is 2.40 bits per heavy atom. The van der Waals surface area contributed by atoms with Crippen LogP contribution in [0.5, 0.6) is 0 Å². The molecule has 0 aliphatic carbocycles. The lowest BCUT2D eigenvalue weighted by Crippen LogP contribution is -2.07. The minimum absolute atomic E-state index is 0.0348. The van der Waals surface area contributed by atoms with E-state index < -0.39 is 17.9 Å². The molecular weight excluding hydrogens is 228 g/mol. The lowest BCUT2D eigenvalue weighted by molar-refractivity contribution is -0.139. The van der Waals surface area contributed by atoms with Crippen molar-refractivity contribution >= 4 is 11.8 Å². The molecule has 0 heterocycles. The summed E-state index contributed by atoms with van der Waals surface area (Å²) in [5.74, 6) is 0.0348. The maximum Gasteiger partial charge on any atom is 0.417 e. The normalized spacial score (nSPS) is 13.9. The van der Waals surface area contributed by atoms with Crippen molar-refractivity contribution < 1.29 is 17.6 Å². The number of rotatable bonds is 3. The van der Waals surface area contributed by atoms with Gasteiger partial charge < -0.3 is 0 Å². The third-order valence-corrected chi connectivity index (χ3v) is 2.95. The molecule has 0 N–H and O–H groups in total. The van der Waals surface area contributed by atoms with E-state index in [4.69, 9.17) is 0 Å². The molecule has 0 nitrogen and oxygen atoms in total. The molecule has 1 aromatic rings. The van der Waals surface area contributed by atoms with Gasteiger partial charge in [0.15, 0.2) is 0 Å². The standard InChI is InChI=1S/C10H10F4S/c1-7(11)6-15-9-5-3-2-4-8(9)10(12,13)14/h2-5,7H,6H2,1H3. The average Bonchev–Trinajstić information content (AvgIpc) is 2.13. The fourth-order valence-electron chi connectivity index (χ4n) is 1.03. The number of hydrogen-bond acceptors (Lipinski definition) is 1. The Labute approximate surface area is 89.7 Å². The summed E-state index contributed by atoms with van der Waals surface area (Å²) in [6.45, 7) is 1.32. The van der Waals surface area contributed by atoms with Crippen LogP contribution in [0.25, 0.3) is 0 Å². The predicted octanol–water partition coefficient (Wildman–Crippen LogP) is 4.16. The van der Waals surface area contributed by atoms with Crippen molar-refractivity contribution in [2.45, 2.75) is 24.2 Å². The Morgan fingerprint density at radius 2 is 1.87 bits per heavy atom. The second kappa shape index (κ2) is 4.88. The quantitative estimate of drug-likeness (QED) is 0.563. The van der Waals surface area contributed by atoms with Crippen molar-refractivity contribution in [2.24, 2.45) is 0 Å². The molecule has 0 aliphatic rings. The van der Waals surface area contributed by atoms with Gasteiger partial charge in [0.25, 0.3) is 0 Å². The van der Waals surface area contributed by atoms with E-state index in [0.717, 1.165) is 17.8 Å². The smallest absolute Gasteiger partial charge is 0.247 e. The highest BCUT2D eigenvalue weighted by Crippen LogP contribution is 2.36. The highest BCUT2D eigenvalue weighted by molar-refractivity contribution is 7.99. The van der Waals surface area contributed by atoms with Gasteiger partial charge in [-0.3, -0.25) is 0 Å². The van der Waals surface area contributed by atoms with Gasteiger partial charge in [0.05, 0.1) is 5.56 Å². The molecule has 0 aliphatic heterocycles. The summed E-state index contributed by atoms with van der Waals surface area (Å²) in [6.07, 6.45) is -5.49. The summed E-state index contributed by atoms with van der Waals surface area (Å²) in [5, 5.41) is 0. The second-order valence-corrected chi connectivity index (χ2v) is 4.15. The van der Waals surface area contributed by atoms with Gasteiger partial charge in [-0.15, -0.1) is 11.8 Å². The van der Waals surface area contributed by atoms with E-state index in [-0.39, 0.29) is 10.6 Å². The Morgan fingerprint density at radius 1 is 1.27 bits per heavy atom. The molecule has 0 saturated heterocycles. The molecule has 0 saturated carbocycles. The first-order valence-corrected chi connectivity index (χ1v) is 5.33. The van der Waals surface area contributed by atoms with Crippen LogP contribution >= 0.6 is 11.8 Å². The predicted molar refractivity (Wildman–Crippen MR) is 52.7 cm³/mol. The molecule has 0 radical (unpaired) electrons. The summed E-state index contributed by atoms with van der Waals surface area (Å²) in [5.41, 5.74) is -0.698. The first-order chi connectivity index (χ1) is 6.91. The Hall–Kier alpha value is -0.710. The number of thioether (sulfide) groups is 1. The number of benzene rings is 1. The average molecular weight is 238 g/mol. The summed E-state index contributed by atoms with van der Waals surface area (Å²) in [6, 6.07) is 5.20. The Kier molecular flexibility index (Phi) is 4.02. The van der Waals surface area contributed by atoms with E-state index in [9.17, 15) is 17.6 Å². The van der Waals surface area contributed by atoms with E-state index in [1.807, 2.05) is 0 Å². The maximum atomic E-state index is 12.5. The lowest BCUT2D eigenvalue weighted by Gasteiger charge is -2.12. The third-order valence-electron chi connectivity index (χ3n) is 1.66. The minimum atomic E-state index is -4.37. The number of alkyl halides is 4. The van der Waals surface area contributed by atoms with Crippen molar-refractivity contribution in [3.05, 3.63) is 29.8 Å². The molecule has 1 unspecified atom stereocenters. The van der Waals surface area contributed by atoms with E-state index in [0.29, 0.717) is 0 Å². The van der Waals surface area contributed by atoms with Gasteiger partial charge >= 0.3 is 6.18 Å². The van der Waals surface area contributed by atoms with E-state index in [2.05, 4.69) is 0 Å². The van der Waals surface area contributed by atoms with Crippen LogP contribution in [0.4, 0.5) is 17.6 Å². The van der Waals surface area contributed by atoms with Gasteiger partial charge in [-0.1, -0.05) is 12.1 Å². The number of halogens is 4. The number of hydrogen-bond donors (Lipinski definition) is 0. The van der Waals surface area contributed by atoms with Gasteiger partial charge in [-0.25, -0.2) is 4.39 Å². The zero-order valence-electron chi connectivity index (χ0n) is 8.01. The van der Waals surface area contributed by atoms with E-state index >= 15 is 0 Å². The van der Waals surface area contributed by atoms with Crippen molar-refractivity contribution in [1.29, 1.82) is 0 Å². The molecule has 0 fully saturated rings. The second-order valence-electron chi connectivity index (χ2n) is 3.09. The molecule has 84 valence electrons. The zero-order valence-corrected chi connectivity index (χ0v) is 8.83. The SMILES string of the molecule is CC(F)CSc1ccccc1C(F)(F)F. The molecule has 1 atom stereocenters. The summed E-state index contributed by atoms with van der Waals surface area (Å²) in [7, 11) is 0. The highest BCUT2D eigenvalue weighted by atomic mass is 32.2. The van der Waals surface area contributed by atoms with Gasteiger partial charge in [0.1, 0.15) is 6.17 Å². The molecule has 0 spiro atoms. The summed E-state index contributed by atoms with van der Waals surface area (Å²) in [4.78, 5) is 0.0782. The van der Waals surface area contributed by atoms with Crippen LogP contribution in [0.1, 0.15) is 12.5 Å². The molecule has 1 aromatic carbocycles. The highest BCUT2D eigenvalue weighted by Gasteiger charge is 2.33.